The Kier molecular flexibility index (Phi) is 3.85. The zero-order valence-corrected chi connectivity index (χ0v) is 12.5. The summed E-state index contributed by atoms with van der Waals surface area (Å²) in [7, 11) is -1.80. The molecule has 1 amide bonds. The van der Waals surface area contributed by atoms with Crippen molar-refractivity contribution in [3.63, 3.8) is 0 Å². The van der Waals surface area contributed by atoms with Crippen LogP contribution in [-0.4, -0.2) is 38.3 Å². The van der Waals surface area contributed by atoms with Crippen LogP contribution in [0.3, 0.4) is 0 Å². The van der Waals surface area contributed by atoms with Gasteiger partial charge in [-0.3, -0.25) is 4.79 Å². The van der Waals surface area contributed by atoms with Crippen molar-refractivity contribution in [2.45, 2.75) is 58.4 Å². The standard InChI is InChI=1S/C12H25NO2Si/c1-7-13-9-8-10(11(13)14)15-16(5,6)12(2,3)4/h10H,7-9H2,1-6H3/t10-/m1/s1. The van der Waals surface area contributed by atoms with Crippen molar-refractivity contribution in [2.75, 3.05) is 13.1 Å². The third-order valence-corrected chi connectivity index (χ3v) is 8.36. The molecule has 0 aromatic rings. The first-order valence-corrected chi connectivity index (χ1v) is 9.06. The number of amides is 1. The molecule has 1 rings (SSSR count). The summed E-state index contributed by atoms with van der Waals surface area (Å²) in [5.41, 5.74) is 0. The molecule has 1 heterocycles. The molecule has 3 nitrogen and oxygen atoms in total. The molecule has 0 saturated carbocycles. The molecule has 0 aromatic heterocycles. The van der Waals surface area contributed by atoms with Crippen LogP contribution in [0.2, 0.25) is 18.1 Å². The van der Waals surface area contributed by atoms with Crippen molar-refractivity contribution in [2.24, 2.45) is 0 Å². The molecule has 16 heavy (non-hydrogen) atoms. The molecule has 1 fully saturated rings. The summed E-state index contributed by atoms with van der Waals surface area (Å²) in [6.07, 6.45) is 0.681. The first kappa shape index (κ1) is 13.7. The maximum absolute atomic E-state index is 12.0. The molecule has 94 valence electrons. The van der Waals surface area contributed by atoms with Gasteiger partial charge < -0.3 is 9.33 Å². The van der Waals surface area contributed by atoms with Gasteiger partial charge in [0.2, 0.25) is 0 Å². The molecule has 0 radical (unpaired) electrons. The lowest BCUT2D eigenvalue weighted by molar-refractivity contribution is -0.133. The Bertz CT molecular complexity index is 271. The van der Waals surface area contributed by atoms with E-state index >= 15 is 0 Å². The average Bonchev–Trinajstić information content (AvgIpc) is 2.45. The molecule has 4 heteroatoms. The Labute approximate surface area is 100 Å². The van der Waals surface area contributed by atoms with Crippen LogP contribution in [-0.2, 0) is 9.22 Å². The van der Waals surface area contributed by atoms with Gasteiger partial charge in [0.1, 0.15) is 6.10 Å². The van der Waals surface area contributed by atoms with Gasteiger partial charge in [-0.05, 0) is 31.5 Å². The molecule has 0 spiro atoms. The minimum Gasteiger partial charge on any atom is -0.405 e. The van der Waals surface area contributed by atoms with E-state index in [1.165, 1.54) is 0 Å². The lowest BCUT2D eigenvalue weighted by Crippen LogP contribution is -2.46. The number of hydrogen-bond acceptors (Lipinski definition) is 2. The first-order chi connectivity index (χ1) is 7.19. The molecule has 0 bridgehead atoms. The van der Waals surface area contributed by atoms with E-state index in [1.54, 1.807) is 0 Å². The van der Waals surface area contributed by atoms with Crippen molar-refractivity contribution in [3.05, 3.63) is 0 Å². The van der Waals surface area contributed by atoms with Gasteiger partial charge in [0.25, 0.3) is 5.91 Å². The van der Waals surface area contributed by atoms with Gasteiger partial charge in [0.05, 0.1) is 0 Å². The minimum absolute atomic E-state index is 0.174. The highest BCUT2D eigenvalue weighted by Crippen LogP contribution is 2.38. The smallest absolute Gasteiger partial charge is 0.250 e. The SMILES string of the molecule is CCN1CC[C@@H](O[Si](C)(C)C(C)(C)C)C1=O. The van der Waals surface area contributed by atoms with Gasteiger partial charge >= 0.3 is 0 Å². The second-order valence-corrected chi connectivity index (χ2v) is 10.8. The summed E-state index contributed by atoms with van der Waals surface area (Å²) in [6.45, 7) is 14.7. The normalized spacial score (nSPS) is 23.0. The van der Waals surface area contributed by atoms with Crippen LogP contribution in [0.25, 0.3) is 0 Å². The van der Waals surface area contributed by atoms with Crippen LogP contribution in [0, 0.1) is 0 Å². The Morgan fingerprint density at radius 2 is 2.00 bits per heavy atom. The Hall–Kier alpha value is -0.353. The van der Waals surface area contributed by atoms with Crippen LogP contribution in [0.5, 0.6) is 0 Å². The molecular formula is C12H25NO2Si. The minimum atomic E-state index is -1.80. The fourth-order valence-electron chi connectivity index (χ4n) is 1.67. The second-order valence-electron chi connectivity index (χ2n) is 6.07. The summed E-state index contributed by atoms with van der Waals surface area (Å²) in [5, 5.41) is 0.174. The van der Waals surface area contributed by atoms with Gasteiger partial charge in [0.15, 0.2) is 8.32 Å². The van der Waals surface area contributed by atoms with Gasteiger partial charge in [0, 0.05) is 13.1 Å². The number of rotatable bonds is 3. The number of hydrogen-bond donors (Lipinski definition) is 0. The number of nitrogens with zero attached hydrogens (tertiary/aromatic N) is 1. The van der Waals surface area contributed by atoms with Crippen LogP contribution < -0.4 is 0 Å². The average molecular weight is 243 g/mol. The van der Waals surface area contributed by atoms with Crippen molar-refractivity contribution >= 4 is 14.2 Å². The maximum atomic E-state index is 12.0. The second kappa shape index (κ2) is 4.49. The van der Waals surface area contributed by atoms with Crippen molar-refractivity contribution in [1.29, 1.82) is 0 Å². The molecule has 0 aliphatic carbocycles. The van der Waals surface area contributed by atoms with E-state index in [0.29, 0.717) is 0 Å². The molecular weight excluding hydrogens is 218 g/mol. The lowest BCUT2D eigenvalue weighted by atomic mass is 10.2. The third kappa shape index (κ3) is 2.66. The molecule has 1 atom stereocenters. The largest absolute Gasteiger partial charge is 0.405 e. The maximum Gasteiger partial charge on any atom is 0.250 e. The molecule has 1 aliphatic rings. The van der Waals surface area contributed by atoms with E-state index in [-0.39, 0.29) is 17.0 Å². The van der Waals surface area contributed by atoms with E-state index in [0.717, 1.165) is 19.5 Å². The summed E-state index contributed by atoms with van der Waals surface area (Å²) in [5.74, 6) is 0.187. The predicted molar refractivity (Wildman–Crippen MR) is 68.9 cm³/mol. The molecule has 1 aliphatic heterocycles. The van der Waals surface area contributed by atoms with Gasteiger partial charge in [-0.25, -0.2) is 0 Å². The summed E-state index contributed by atoms with van der Waals surface area (Å²) < 4.78 is 6.16. The summed E-state index contributed by atoms with van der Waals surface area (Å²) in [4.78, 5) is 13.9. The van der Waals surface area contributed by atoms with Crippen molar-refractivity contribution in [3.8, 4) is 0 Å². The highest BCUT2D eigenvalue weighted by atomic mass is 28.4. The van der Waals surface area contributed by atoms with E-state index in [2.05, 4.69) is 33.9 Å². The molecule has 0 unspecified atom stereocenters. The molecule has 0 N–H and O–H groups in total. The number of carbonyl (C=O) groups is 1. The number of carbonyl (C=O) groups excluding carboxylic acids is 1. The summed E-state index contributed by atoms with van der Waals surface area (Å²) >= 11 is 0. The van der Waals surface area contributed by atoms with Gasteiger partial charge in [-0.2, -0.15) is 0 Å². The van der Waals surface area contributed by atoms with Crippen LogP contribution >= 0.6 is 0 Å². The fourth-order valence-corrected chi connectivity index (χ4v) is 2.95. The van der Waals surface area contributed by atoms with Crippen LogP contribution in [0.1, 0.15) is 34.1 Å². The van der Waals surface area contributed by atoms with Crippen LogP contribution in [0.4, 0.5) is 0 Å². The van der Waals surface area contributed by atoms with E-state index in [1.807, 2.05) is 11.8 Å². The Morgan fingerprint density at radius 3 is 2.38 bits per heavy atom. The van der Waals surface area contributed by atoms with E-state index in [4.69, 9.17) is 4.43 Å². The summed E-state index contributed by atoms with van der Waals surface area (Å²) in [6, 6.07) is 0. The van der Waals surface area contributed by atoms with E-state index in [9.17, 15) is 4.79 Å². The highest BCUT2D eigenvalue weighted by Gasteiger charge is 2.43. The van der Waals surface area contributed by atoms with Gasteiger partial charge in [-0.15, -0.1) is 0 Å². The predicted octanol–water partition coefficient (Wildman–Crippen LogP) is 2.63. The highest BCUT2D eigenvalue weighted by molar-refractivity contribution is 6.74. The quantitative estimate of drug-likeness (QED) is 0.713. The van der Waals surface area contributed by atoms with Crippen LogP contribution in [0.15, 0.2) is 0 Å². The van der Waals surface area contributed by atoms with Gasteiger partial charge in [-0.1, -0.05) is 20.8 Å². The Morgan fingerprint density at radius 1 is 1.44 bits per heavy atom. The number of likely N-dealkylation sites (tertiary alicyclic amines) is 1. The Balaban J connectivity index is 2.66. The topological polar surface area (TPSA) is 29.5 Å². The number of likely N-dealkylation sites (N-methyl/N-ethyl adjacent to an activating group) is 1. The molecule has 1 saturated heterocycles. The van der Waals surface area contributed by atoms with Crippen molar-refractivity contribution < 1.29 is 9.22 Å². The zero-order valence-electron chi connectivity index (χ0n) is 11.5. The first-order valence-electron chi connectivity index (χ1n) is 6.15. The monoisotopic (exact) mass is 243 g/mol. The third-order valence-electron chi connectivity index (χ3n) is 3.87. The molecule has 0 aromatic carbocycles. The lowest BCUT2D eigenvalue weighted by Gasteiger charge is -2.37. The van der Waals surface area contributed by atoms with E-state index < -0.39 is 8.32 Å². The van der Waals surface area contributed by atoms with Crippen molar-refractivity contribution in [1.82, 2.24) is 4.90 Å². The fraction of sp³-hybridized carbons (Fsp3) is 0.917. The zero-order chi connectivity index (χ0) is 12.6.